The van der Waals surface area contributed by atoms with Gasteiger partial charge in [-0.25, -0.2) is 4.39 Å². The number of nitrogens with zero attached hydrogens (tertiary/aromatic N) is 1. The van der Waals surface area contributed by atoms with Crippen molar-refractivity contribution in [2.45, 2.75) is 51.2 Å². The molecule has 0 radical (unpaired) electrons. The second kappa shape index (κ2) is 3.51. The quantitative estimate of drug-likeness (QED) is 0.819. The van der Waals surface area contributed by atoms with Gasteiger partial charge in [0, 0.05) is 11.5 Å². The van der Waals surface area contributed by atoms with Crippen molar-refractivity contribution < 1.29 is 8.91 Å². The number of alkyl halides is 1. The van der Waals surface area contributed by atoms with Gasteiger partial charge in [-0.05, 0) is 12.8 Å². The minimum absolute atomic E-state index is 0.0296. The van der Waals surface area contributed by atoms with Crippen molar-refractivity contribution in [1.82, 2.24) is 5.16 Å². The molecule has 15 heavy (non-hydrogen) atoms. The number of hydrogen-bond acceptors (Lipinski definition) is 3. The zero-order valence-electron chi connectivity index (χ0n) is 9.38. The van der Waals surface area contributed by atoms with Crippen LogP contribution < -0.4 is 5.32 Å². The van der Waals surface area contributed by atoms with E-state index in [1.807, 2.05) is 6.07 Å². The van der Waals surface area contributed by atoms with Crippen LogP contribution in [-0.2, 0) is 5.41 Å². The first-order valence-corrected chi connectivity index (χ1v) is 5.34. The minimum Gasteiger partial charge on any atom is -0.348 e. The molecule has 0 spiro atoms. The van der Waals surface area contributed by atoms with Crippen molar-refractivity contribution in [1.29, 1.82) is 0 Å². The third kappa shape index (κ3) is 2.13. The number of nitrogens with one attached hydrogen (secondary N) is 1. The predicted octanol–water partition coefficient (Wildman–Crippen LogP) is 2.88. The first-order chi connectivity index (χ1) is 6.97. The Balaban J connectivity index is 2.01. The van der Waals surface area contributed by atoms with Crippen LogP contribution in [0.25, 0.3) is 0 Å². The molecule has 1 saturated carbocycles. The number of rotatable bonds is 2. The van der Waals surface area contributed by atoms with Crippen molar-refractivity contribution in [3.63, 3.8) is 0 Å². The Kier molecular flexibility index (Phi) is 2.44. The molecule has 0 aromatic carbocycles. The second-order valence-corrected chi connectivity index (χ2v) is 5.17. The molecule has 1 aliphatic carbocycles. The minimum atomic E-state index is -0.742. The molecule has 0 saturated heterocycles. The third-order valence-corrected chi connectivity index (χ3v) is 2.80. The number of hydrogen-bond donors (Lipinski definition) is 1. The summed E-state index contributed by atoms with van der Waals surface area (Å²) in [5.41, 5.74) is 0.859. The SMILES string of the molecule is CC(C)(C)c1cc(NC2CCC2F)on1. The summed E-state index contributed by atoms with van der Waals surface area (Å²) in [5.74, 6) is 0.576. The van der Waals surface area contributed by atoms with Gasteiger partial charge in [0.2, 0.25) is 5.88 Å². The second-order valence-electron chi connectivity index (χ2n) is 5.17. The van der Waals surface area contributed by atoms with E-state index in [0.29, 0.717) is 12.3 Å². The Morgan fingerprint density at radius 2 is 2.20 bits per heavy atom. The van der Waals surface area contributed by atoms with Crippen LogP contribution in [0.2, 0.25) is 0 Å². The molecule has 2 atom stereocenters. The van der Waals surface area contributed by atoms with Crippen LogP contribution in [0.15, 0.2) is 10.6 Å². The third-order valence-electron chi connectivity index (χ3n) is 2.80. The van der Waals surface area contributed by atoms with E-state index < -0.39 is 6.17 Å². The summed E-state index contributed by atoms with van der Waals surface area (Å²) in [6.07, 6.45) is 0.776. The molecule has 1 heterocycles. The summed E-state index contributed by atoms with van der Waals surface area (Å²) in [6.45, 7) is 6.20. The lowest BCUT2D eigenvalue weighted by Gasteiger charge is -2.30. The lowest BCUT2D eigenvalue weighted by Crippen LogP contribution is -2.39. The Morgan fingerprint density at radius 1 is 1.47 bits per heavy atom. The smallest absolute Gasteiger partial charge is 0.225 e. The number of aromatic nitrogens is 1. The summed E-state index contributed by atoms with van der Waals surface area (Å²) >= 11 is 0. The Hall–Kier alpha value is -1.06. The molecule has 1 aromatic heterocycles. The van der Waals surface area contributed by atoms with Gasteiger partial charge in [0.25, 0.3) is 0 Å². The lowest BCUT2D eigenvalue weighted by atomic mass is 9.90. The summed E-state index contributed by atoms with van der Waals surface area (Å²) in [6, 6.07) is 1.76. The Labute approximate surface area is 89.0 Å². The van der Waals surface area contributed by atoms with E-state index in [1.165, 1.54) is 0 Å². The highest BCUT2D eigenvalue weighted by atomic mass is 19.1. The molecule has 1 N–H and O–H groups in total. The average Bonchev–Trinajstić information content (AvgIpc) is 2.59. The molecule has 2 rings (SSSR count). The maximum absolute atomic E-state index is 13.0. The fourth-order valence-electron chi connectivity index (χ4n) is 1.50. The fourth-order valence-corrected chi connectivity index (χ4v) is 1.50. The van der Waals surface area contributed by atoms with Gasteiger partial charge in [0.1, 0.15) is 6.17 Å². The van der Waals surface area contributed by atoms with Gasteiger partial charge in [0.15, 0.2) is 0 Å². The maximum atomic E-state index is 13.0. The van der Waals surface area contributed by atoms with E-state index >= 15 is 0 Å². The van der Waals surface area contributed by atoms with E-state index in [4.69, 9.17) is 4.52 Å². The van der Waals surface area contributed by atoms with Gasteiger partial charge in [-0.3, -0.25) is 0 Å². The van der Waals surface area contributed by atoms with Crippen LogP contribution in [0.3, 0.4) is 0 Å². The highest BCUT2D eigenvalue weighted by Crippen LogP contribution is 2.29. The van der Waals surface area contributed by atoms with Crippen molar-refractivity contribution in [3.05, 3.63) is 11.8 Å². The topological polar surface area (TPSA) is 38.1 Å². The maximum Gasteiger partial charge on any atom is 0.225 e. The van der Waals surface area contributed by atoms with Crippen LogP contribution in [0.4, 0.5) is 10.3 Å². The molecule has 0 bridgehead atoms. The summed E-state index contributed by atoms with van der Waals surface area (Å²) in [5, 5.41) is 6.98. The van der Waals surface area contributed by atoms with Crippen LogP contribution in [-0.4, -0.2) is 17.4 Å². The van der Waals surface area contributed by atoms with E-state index in [0.717, 1.165) is 12.1 Å². The molecule has 3 nitrogen and oxygen atoms in total. The van der Waals surface area contributed by atoms with Gasteiger partial charge in [-0.15, -0.1) is 0 Å². The molecular formula is C11H17FN2O. The average molecular weight is 212 g/mol. The van der Waals surface area contributed by atoms with Gasteiger partial charge >= 0.3 is 0 Å². The molecule has 1 aliphatic rings. The standard InChI is InChI=1S/C11H17FN2O/c1-11(2,3)9-6-10(15-14-9)13-8-5-4-7(8)12/h6-8,13H,4-5H2,1-3H3. The Morgan fingerprint density at radius 3 is 2.60 bits per heavy atom. The molecule has 0 aliphatic heterocycles. The predicted molar refractivity (Wildman–Crippen MR) is 56.7 cm³/mol. The van der Waals surface area contributed by atoms with Gasteiger partial charge in [0.05, 0.1) is 11.7 Å². The van der Waals surface area contributed by atoms with Crippen molar-refractivity contribution in [3.8, 4) is 0 Å². The molecule has 2 unspecified atom stereocenters. The van der Waals surface area contributed by atoms with Crippen molar-refractivity contribution in [2.75, 3.05) is 5.32 Å². The van der Waals surface area contributed by atoms with Gasteiger partial charge < -0.3 is 9.84 Å². The molecular weight excluding hydrogens is 195 g/mol. The lowest BCUT2D eigenvalue weighted by molar-refractivity contribution is 0.183. The number of halogens is 1. The molecule has 4 heteroatoms. The Bertz CT molecular complexity index is 343. The van der Waals surface area contributed by atoms with E-state index in [1.54, 1.807) is 0 Å². The molecule has 84 valence electrons. The van der Waals surface area contributed by atoms with E-state index in [-0.39, 0.29) is 11.5 Å². The summed E-state index contributed by atoms with van der Waals surface area (Å²) in [7, 11) is 0. The first-order valence-electron chi connectivity index (χ1n) is 5.34. The molecule has 1 fully saturated rings. The zero-order chi connectivity index (χ0) is 11.1. The summed E-state index contributed by atoms with van der Waals surface area (Å²) in [4.78, 5) is 0. The van der Waals surface area contributed by atoms with Crippen LogP contribution in [0.5, 0.6) is 0 Å². The number of anilines is 1. The highest BCUT2D eigenvalue weighted by molar-refractivity contribution is 5.36. The highest BCUT2D eigenvalue weighted by Gasteiger charge is 2.31. The van der Waals surface area contributed by atoms with Gasteiger partial charge in [-0.1, -0.05) is 25.9 Å². The molecule has 1 aromatic rings. The normalized spacial score (nSPS) is 26.1. The van der Waals surface area contributed by atoms with Gasteiger partial charge in [-0.2, -0.15) is 0 Å². The van der Waals surface area contributed by atoms with Crippen molar-refractivity contribution in [2.24, 2.45) is 0 Å². The monoisotopic (exact) mass is 212 g/mol. The molecule has 0 amide bonds. The van der Waals surface area contributed by atoms with Crippen LogP contribution in [0.1, 0.15) is 39.3 Å². The fraction of sp³-hybridized carbons (Fsp3) is 0.727. The van der Waals surface area contributed by atoms with E-state index in [2.05, 4.69) is 31.2 Å². The largest absolute Gasteiger partial charge is 0.348 e. The van der Waals surface area contributed by atoms with Crippen molar-refractivity contribution >= 4 is 5.88 Å². The van der Waals surface area contributed by atoms with Crippen LogP contribution in [0, 0.1) is 0 Å². The zero-order valence-corrected chi connectivity index (χ0v) is 9.38. The van der Waals surface area contributed by atoms with E-state index in [9.17, 15) is 4.39 Å². The summed E-state index contributed by atoms with van der Waals surface area (Å²) < 4.78 is 18.1. The first kappa shape index (κ1) is 10.5. The van der Waals surface area contributed by atoms with Crippen LogP contribution >= 0.6 is 0 Å².